The van der Waals surface area contributed by atoms with Crippen LogP contribution in [-0.4, -0.2) is 21.2 Å². The molecule has 8 aromatic carbocycles. The summed E-state index contributed by atoms with van der Waals surface area (Å²) >= 11 is 0. The highest BCUT2D eigenvalue weighted by atomic mass is 79.9. The largest absolute Gasteiger partial charge is 0.268 e. The molecule has 65 heavy (non-hydrogen) atoms. The van der Waals surface area contributed by atoms with Gasteiger partial charge >= 0.3 is 0 Å². The topological polar surface area (TPSA) is 15.6 Å². The smallest absolute Gasteiger partial charge is 0.201 e. The van der Waals surface area contributed by atoms with E-state index in [2.05, 4.69) is 289 Å². The van der Waals surface area contributed by atoms with E-state index in [-0.39, 0.29) is 34.0 Å². The Labute approximate surface area is 410 Å². The first-order chi connectivity index (χ1) is 30.6. The van der Waals surface area contributed by atoms with Crippen LogP contribution >= 0.6 is 48.5 Å². The van der Waals surface area contributed by atoms with Gasteiger partial charge in [0.2, 0.25) is 5.45 Å². The van der Waals surface area contributed by atoms with Gasteiger partial charge in [0, 0.05) is 0 Å². The SMILES string of the molecule is Br.Br.CC1(C)C([P+](c2ccccc2)(c2ccccc2)c2ccccc2)=NN(C(C)(C)C(C)(C)[P+](c2ccccc2)(c2ccccc2)c2ccccc2)C1(c1ccccc1)c1ccccc1. The van der Waals surface area contributed by atoms with Crippen LogP contribution in [0.4, 0.5) is 0 Å². The van der Waals surface area contributed by atoms with Crippen molar-refractivity contribution in [1.82, 2.24) is 5.01 Å². The lowest BCUT2D eigenvalue weighted by atomic mass is 9.63. The van der Waals surface area contributed by atoms with Crippen LogP contribution < -0.4 is 31.8 Å². The molecule has 0 saturated carbocycles. The highest BCUT2D eigenvalue weighted by Gasteiger charge is 2.75. The zero-order chi connectivity index (χ0) is 43.8. The molecule has 0 aromatic heterocycles. The van der Waals surface area contributed by atoms with E-state index in [0.29, 0.717) is 0 Å². The zero-order valence-electron chi connectivity index (χ0n) is 38.2. The van der Waals surface area contributed by atoms with Crippen molar-refractivity contribution in [1.29, 1.82) is 0 Å². The number of hydrogen-bond acceptors (Lipinski definition) is 2. The number of halogens is 2. The molecule has 8 aromatic rings. The summed E-state index contributed by atoms with van der Waals surface area (Å²) in [5, 5.41) is 16.6. The Morgan fingerprint density at radius 3 is 0.892 bits per heavy atom. The van der Waals surface area contributed by atoms with Gasteiger partial charge in [-0.1, -0.05) is 170 Å². The first kappa shape index (κ1) is 48.0. The second kappa shape index (κ2) is 19.1. The average Bonchev–Trinajstić information content (AvgIpc) is 3.60. The van der Waals surface area contributed by atoms with E-state index in [1.165, 1.54) is 48.4 Å². The van der Waals surface area contributed by atoms with E-state index >= 15 is 0 Å². The van der Waals surface area contributed by atoms with Crippen molar-refractivity contribution in [3.63, 3.8) is 0 Å². The summed E-state index contributed by atoms with van der Waals surface area (Å²) < 4.78 is 0. The minimum absolute atomic E-state index is 0. The predicted molar refractivity (Wildman–Crippen MR) is 296 cm³/mol. The lowest BCUT2D eigenvalue weighted by molar-refractivity contribution is -0.0221. The highest BCUT2D eigenvalue weighted by Crippen LogP contribution is 2.74. The Kier molecular flexibility index (Phi) is 14.1. The van der Waals surface area contributed by atoms with Gasteiger partial charge in [0.05, 0.1) is 11.0 Å². The summed E-state index contributed by atoms with van der Waals surface area (Å²) in [6, 6.07) is 90.5. The standard InChI is InChI=1S/C59H58N2P2.2BrH/c1-56(2)55(62(49-35-19-9-20-36-49,50-37-21-10-22-38-50)51-39-23-11-24-40-51)60-61(59(56,47-31-15-7-16-32-47)48-33-17-8-18-34-48)57(3,4)58(5,6)63(52-41-25-12-26-42-52,53-43-27-13-28-44-53)54-45-29-14-30-46-54;;/h7-46H,1-6H3;2*1H/q+2;;. The summed E-state index contributed by atoms with van der Waals surface area (Å²) in [7, 11) is -5.25. The molecule has 0 aliphatic carbocycles. The minimum Gasteiger partial charge on any atom is -0.268 e. The normalized spacial score (nSPS) is 14.7. The molecule has 0 amide bonds. The van der Waals surface area contributed by atoms with Gasteiger partial charge in [-0.2, -0.15) is 0 Å². The lowest BCUT2D eigenvalue weighted by Crippen LogP contribution is -2.67. The molecular weight excluding hydrogens is 958 g/mol. The fraction of sp³-hybridized carbons (Fsp3) is 0.169. The Hall–Kier alpha value is -4.95. The number of nitrogens with zero attached hydrogens (tertiary/aromatic N) is 2. The number of rotatable bonds is 12. The van der Waals surface area contributed by atoms with Crippen LogP contribution in [0.5, 0.6) is 0 Å². The first-order valence-electron chi connectivity index (χ1n) is 22.2. The maximum atomic E-state index is 6.50. The van der Waals surface area contributed by atoms with Gasteiger partial charge in [-0.25, -0.2) is 0 Å². The average molecular weight is 1020 g/mol. The Morgan fingerprint density at radius 2 is 0.615 bits per heavy atom. The molecule has 0 unspecified atom stereocenters. The van der Waals surface area contributed by atoms with Gasteiger partial charge < -0.3 is 0 Å². The molecular formula is C59H60Br2N2P2+2. The van der Waals surface area contributed by atoms with Gasteiger partial charge in [0.1, 0.15) is 49.8 Å². The van der Waals surface area contributed by atoms with E-state index in [0.717, 1.165) is 0 Å². The second-order valence-electron chi connectivity index (χ2n) is 18.3. The summed E-state index contributed by atoms with van der Waals surface area (Å²) in [6.07, 6.45) is 0. The molecule has 0 saturated heterocycles. The van der Waals surface area contributed by atoms with Crippen molar-refractivity contribution in [3.8, 4) is 0 Å². The maximum Gasteiger partial charge on any atom is 0.201 e. The molecule has 328 valence electrons. The molecule has 1 heterocycles. The third kappa shape index (κ3) is 7.32. The molecule has 0 radical (unpaired) electrons. The second-order valence-corrected chi connectivity index (χ2v) is 25.6. The Morgan fingerprint density at radius 1 is 0.369 bits per heavy atom. The summed E-state index contributed by atoms with van der Waals surface area (Å²) in [5.74, 6) is 0. The minimum atomic E-state index is -2.70. The Balaban J connectivity index is 0.00000315. The molecule has 1 aliphatic heterocycles. The first-order valence-corrected chi connectivity index (χ1v) is 25.8. The quantitative estimate of drug-likeness (QED) is 0.111. The predicted octanol–water partition coefficient (Wildman–Crippen LogP) is 13.3. The monoisotopic (exact) mass is 1020 g/mol. The molecule has 1 aliphatic rings. The molecule has 0 N–H and O–H groups in total. The summed E-state index contributed by atoms with van der Waals surface area (Å²) in [5.41, 5.74) is 1.66. The van der Waals surface area contributed by atoms with E-state index in [1.54, 1.807) is 0 Å². The van der Waals surface area contributed by atoms with Crippen LogP contribution in [0.3, 0.4) is 0 Å². The summed E-state index contributed by atoms with van der Waals surface area (Å²) in [6.45, 7) is 15.1. The zero-order valence-corrected chi connectivity index (χ0v) is 43.4. The fourth-order valence-electron chi connectivity index (χ4n) is 11.1. The van der Waals surface area contributed by atoms with Crippen molar-refractivity contribution in [3.05, 3.63) is 254 Å². The third-order valence-corrected chi connectivity index (χ3v) is 24.3. The van der Waals surface area contributed by atoms with Crippen LogP contribution in [0.1, 0.15) is 52.7 Å². The van der Waals surface area contributed by atoms with Gasteiger partial charge in [-0.15, -0.1) is 39.1 Å². The fourth-order valence-corrected chi connectivity index (χ4v) is 21.4. The molecule has 2 nitrogen and oxygen atoms in total. The van der Waals surface area contributed by atoms with Crippen LogP contribution in [0.2, 0.25) is 0 Å². The third-order valence-electron chi connectivity index (χ3n) is 14.4. The van der Waals surface area contributed by atoms with Crippen LogP contribution in [0.15, 0.2) is 248 Å². The van der Waals surface area contributed by atoms with E-state index in [9.17, 15) is 0 Å². The van der Waals surface area contributed by atoms with Crippen molar-refractivity contribution in [2.24, 2.45) is 10.5 Å². The molecule has 9 rings (SSSR count). The summed E-state index contributed by atoms with van der Waals surface area (Å²) in [4.78, 5) is 0. The van der Waals surface area contributed by atoms with Crippen LogP contribution in [-0.2, 0) is 5.54 Å². The van der Waals surface area contributed by atoms with Crippen LogP contribution in [0, 0.1) is 5.41 Å². The van der Waals surface area contributed by atoms with Gasteiger partial charge in [-0.3, -0.25) is 5.01 Å². The van der Waals surface area contributed by atoms with Crippen molar-refractivity contribution in [2.75, 3.05) is 0 Å². The molecule has 6 heteroatoms. The number of hydrazone groups is 1. The highest BCUT2D eigenvalue weighted by molar-refractivity contribution is 8.93. The van der Waals surface area contributed by atoms with Crippen LogP contribution in [0.25, 0.3) is 0 Å². The van der Waals surface area contributed by atoms with Crippen molar-refractivity contribution in [2.45, 2.75) is 57.8 Å². The number of hydrogen-bond donors (Lipinski definition) is 0. The van der Waals surface area contributed by atoms with Gasteiger partial charge in [0.25, 0.3) is 0 Å². The molecule has 0 atom stereocenters. The van der Waals surface area contributed by atoms with Crippen molar-refractivity contribution < 1.29 is 0 Å². The Bertz CT molecular complexity index is 2560. The van der Waals surface area contributed by atoms with E-state index in [4.69, 9.17) is 5.10 Å². The van der Waals surface area contributed by atoms with E-state index in [1.807, 2.05) is 0 Å². The molecule has 0 fully saturated rings. The van der Waals surface area contributed by atoms with E-state index < -0.39 is 36.2 Å². The van der Waals surface area contributed by atoms with Crippen molar-refractivity contribution >= 4 is 85.8 Å². The van der Waals surface area contributed by atoms with Gasteiger partial charge in [0.15, 0.2) is 7.26 Å². The number of benzene rings is 8. The maximum absolute atomic E-state index is 6.50. The lowest BCUT2D eigenvalue weighted by Gasteiger charge is -2.58. The molecule has 0 spiro atoms. The molecule has 0 bridgehead atoms. The van der Waals surface area contributed by atoms with Gasteiger partial charge in [-0.05, 0) is 125 Å².